The number of nitro groups is 1. The maximum Gasteiger partial charge on any atom is 0.269 e. The summed E-state index contributed by atoms with van der Waals surface area (Å²) in [5.74, 6) is -0.837. The summed E-state index contributed by atoms with van der Waals surface area (Å²) in [7, 11) is 3.06. The van der Waals surface area contributed by atoms with Gasteiger partial charge < -0.3 is 9.47 Å². The molecule has 0 unspecified atom stereocenters. The van der Waals surface area contributed by atoms with E-state index in [9.17, 15) is 19.7 Å². The van der Waals surface area contributed by atoms with Gasteiger partial charge in [0.25, 0.3) is 11.6 Å². The number of nitro benzene ring substituents is 1. The zero-order valence-electron chi connectivity index (χ0n) is 18.9. The normalized spacial score (nSPS) is 21.3. The second kappa shape index (κ2) is 8.73. The van der Waals surface area contributed by atoms with Gasteiger partial charge >= 0.3 is 0 Å². The molecule has 0 saturated carbocycles. The Morgan fingerprint density at radius 3 is 2.23 bits per heavy atom. The fourth-order valence-electron chi connectivity index (χ4n) is 4.58. The Hall–Kier alpha value is -4.44. The average Bonchev–Trinajstić information content (AvgIpc) is 3.39. The Kier molecular flexibility index (Phi) is 5.58. The molecule has 10 nitrogen and oxygen atoms in total. The van der Waals surface area contributed by atoms with Crippen molar-refractivity contribution in [1.29, 1.82) is 0 Å². The van der Waals surface area contributed by atoms with Gasteiger partial charge in [0.05, 0.1) is 30.5 Å². The van der Waals surface area contributed by atoms with Crippen molar-refractivity contribution in [2.45, 2.75) is 12.1 Å². The first-order valence-corrected chi connectivity index (χ1v) is 10.8. The standard InChI is InChI=1S/C25H21N3O7/c1-33-18-12-13-20(34-2)19(14-18)22-21-23(35-27(22)16-6-4-3-5-7-16)25(30)26(24(21)29)15-8-10-17(11-9-15)28(31)32/h3-14,21-23H,1-2H3/t21-,22-,23-/m1/s1. The zero-order chi connectivity index (χ0) is 24.7. The second-order valence-electron chi connectivity index (χ2n) is 8.05. The molecule has 3 aromatic rings. The van der Waals surface area contributed by atoms with E-state index in [-0.39, 0.29) is 11.4 Å². The fraction of sp³-hybridized carbons (Fsp3) is 0.200. The lowest BCUT2D eigenvalue weighted by atomic mass is 9.89. The molecule has 178 valence electrons. The fourth-order valence-corrected chi connectivity index (χ4v) is 4.58. The van der Waals surface area contributed by atoms with E-state index >= 15 is 0 Å². The quantitative estimate of drug-likeness (QED) is 0.302. The minimum absolute atomic E-state index is 0.140. The first-order valence-electron chi connectivity index (χ1n) is 10.8. The molecule has 0 aliphatic carbocycles. The van der Waals surface area contributed by atoms with Crippen LogP contribution in [-0.2, 0) is 14.4 Å². The van der Waals surface area contributed by atoms with Gasteiger partial charge in [-0.25, -0.2) is 9.96 Å². The molecule has 0 bridgehead atoms. The van der Waals surface area contributed by atoms with Crippen molar-refractivity contribution >= 4 is 28.9 Å². The molecule has 2 fully saturated rings. The predicted octanol–water partition coefficient (Wildman–Crippen LogP) is 3.66. The zero-order valence-corrected chi connectivity index (χ0v) is 18.9. The largest absolute Gasteiger partial charge is 0.497 e. The topological polar surface area (TPSA) is 111 Å². The number of carbonyl (C=O) groups excluding carboxylic acids is 2. The third-order valence-corrected chi connectivity index (χ3v) is 6.20. The first kappa shape index (κ1) is 22.4. The van der Waals surface area contributed by atoms with Crippen molar-refractivity contribution in [2.24, 2.45) is 5.92 Å². The second-order valence-corrected chi connectivity index (χ2v) is 8.05. The van der Waals surface area contributed by atoms with Gasteiger partial charge in [0, 0.05) is 17.7 Å². The van der Waals surface area contributed by atoms with Crippen LogP contribution in [0.1, 0.15) is 11.6 Å². The minimum atomic E-state index is -1.08. The molecule has 2 amide bonds. The molecular formula is C25H21N3O7. The molecule has 35 heavy (non-hydrogen) atoms. The molecule has 5 rings (SSSR count). The number of anilines is 2. The molecule has 2 aliphatic heterocycles. The van der Waals surface area contributed by atoms with Crippen LogP contribution in [0, 0.1) is 16.0 Å². The van der Waals surface area contributed by atoms with Gasteiger partial charge in [0.2, 0.25) is 5.91 Å². The number of ether oxygens (including phenoxy) is 2. The maximum absolute atomic E-state index is 13.7. The highest BCUT2D eigenvalue weighted by Crippen LogP contribution is 2.50. The molecule has 2 saturated heterocycles. The molecule has 10 heteroatoms. The number of para-hydroxylation sites is 1. The Labute approximate surface area is 200 Å². The SMILES string of the molecule is COc1ccc(OC)c([C@@H]2[C@H]3C(=O)N(c4ccc([N+](=O)[O-])cc4)C(=O)[C@@H]3ON2c2ccccc2)c1. The van der Waals surface area contributed by atoms with Crippen LogP contribution in [0.4, 0.5) is 17.1 Å². The van der Waals surface area contributed by atoms with Crippen LogP contribution >= 0.6 is 0 Å². The van der Waals surface area contributed by atoms with Crippen molar-refractivity contribution < 1.29 is 28.8 Å². The number of nitrogens with zero attached hydrogens (tertiary/aromatic N) is 3. The van der Waals surface area contributed by atoms with Crippen LogP contribution < -0.4 is 19.4 Å². The van der Waals surface area contributed by atoms with E-state index in [2.05, 4.69) is 0 Å². The summed E-state index contributed by atoms with van der Waals surface area (Å²) in [5.41, 5.74) is 1.39. The molecule has 0 N–H and O–H groups in total. The van der Waals surface area contributed by atoms with Crippen LogP contribution in [0.15, 0.2) is 72.8 Å². The molecular weight excluding hydrogens is 454 g/mol. The van der Waals surface area contributed by atoms with Gasteiger partial charge in [-0.2, -0.15) is 0 Å². The van der Waals surface area contributed by atoms with Crippen LogP contribution in [-0.4, -0.2) is 37.1 Å². The lowest BCUT2D eigenvalue weighted by Gasteiger charge is -2.29. The van der Waals surface area contributed by atoms with Crippen molar-refractivity contribution in [3.8, 4) is 11.5 Å². The highest BCUT2D eigenvalue weighted by atomic mass is 16.7. The summed E-state index contributed by atoms with van der Waals surface area (Å²) in [5, 5.41) is 12.6. The molecule has 2 aliphatic rings. The maximum atomic E-state index is 13.7. The molecule has 0 aromatic heterocycles. The van der Waals surface area contributed by atoms with Gasteiger partial charge in [-0.3, -0.25) is 24.5 Å². The van der Waals surface area contributed by atoms with Crippen molar-refractivity contribution in [1.82, 2.24) is 0 Å². The van der Waals surface area contributed by atoms with Gasteiger partial charge in [-0.15, -0.1) is 0 Å². The Bertz CT molecular complexity index is 1300. The van der Waals surface area contributed by atoms with E-state index in [0.717, 1.165) is 4.90 Å². The number of fused-ring (bicyclic) bond motifs is 1. The summed E-state index contributed by atoms with van der Waals surface area (Å²) < 4.78 is 11.0. The Morgan fingerprint density at radius 2 is 1.60 bits per heavy atom. The number of imide groups is 1. The van der Waals surface area contributed by atoms with Crippen LogP contribution in [0.5, 0.6) is 11.5 Å². The highest BCUT2D eigenvalue weighted by molar-refractivity contribution is 6.24. The molecule has 3 atom stereocenters. The molecule has 0 radical (unpaired) electrons. The third-order valence-electron chi connectivity index (χ3n) is 6.20. The lowest BCUT2D eigenvalue weighted by Crippen LogP contribution is -2.37. The van der Waals surface area contributed by atoms with Crippen molar-refractivity contribution in [3.05, 3.63) is 88.5 Å². The third kappa shape index (κ3) is 3.64. The summed E-state index contributed by atoms with van der Waals surface area (Å²) in [6.45, 7) is 0. The number of non-ortho nitro benzene ring substituents is 1. The Balaban J connectivity index is 1.60. The monoisotopic (exact) mass is 475 g/mol. The average molecular weight is 475 g/mol. The smallest absolute Gasteiger partial charge is 0.269 e. The predicted molar refractivity (Wildman–Crippen MR) is 125 cm³/mol. The Morgan fingerprint density at radius 1 is 0.886 bits per heavy atom. The number of carbonyl (C=O) groups is 2. The van der Waals surface area contributed by atoms with Crippen molar-refractivity contribution in [2.75, 3.05) is 24.2 Å². The number of hydrogen-bond donors (Lipinski definition) is 0. The summed E-state index contributed by atoms with van der Waals surface area (Å²) in [4.78, 5) is 44.8. The lowest BCUT2D eigenvalue weighted by molar-refractivity contribution is -0.384. The number of hydrogen-bond acceptors (Lipinski definition) is 8. The van der Waals surface area contributed by atoms with Gasteiger partial charge in [-0.05, 0) is 42.5 Å². The minimum Gasteiger partial charge on any atom is -0.497 e. The first-order chi connectivity index (χ1) is 16.9. The summed E-state index contributed by atoms with van der Waals surface area (Å²) in [6, 6.07) is 19.0. The molecule has 3 aromatic carbocycles. The number of amides is 2. The number of rotatable bonds is 6. The van der Waals surface area contributed by atoms with Gasteiger partial charge in [0.1, 0.15) is 23.5 Å². The summed E-state index contributed by atoms with van der Waals surface area (Å²) in [6.07, 6.45) is -1.08. The number of benzene rings is 3. The highest BCUT2D eigenvalue weighted by Gasteiger charge is 2.60. The van der Waals surface area contributed by atoms with E-state index < -0.39 is 34.8 Å². The van der Waals surface area contributed by atoms with Crippen LogP contribution in [0.25, 0.3) is 0 Å². The van der Waals surface area contributed by atoms with E-state index in [1.165, 1.54) is 38.5 Å². The van der Waals surface area contributed by atoms with E-state index in [0.29, 0.717) is 22.7 Å². The van der Waals surface area contributed by atoms with Crippen LogP contribution in [0.2, 0.25) is 0 Å². The number of hydroxylamine groups is 1. The molecule has 2 heterocycles. The van der Waals surface area contributed by atoms with E-state index in [1.807, 2.05) is 30.3 Å². The van der Waals surface area contributed by atoms with Crippen molar-refractivity contribution in [3.63, 3.8) is 0 Å². The van der Waals surface area contributed by atoms with E-state index in [4.69, 9.17) is 14.3 Å². The van der Waals surface area contributed by atoms with Gasteiger partial charge in [0.15, 0.2) is 6.10 Å². The van der Waals surface area contributed by atoms with E-state index in [1.54, 1.807) is 23.3 Å². The summed E-state index contributed by atoms with van der Waals surface area (Å²) >= 11 is 0. The van der Waals surface area contributed by atoms with Gasteiger partial charge in [-0.1, -0.05) is 18.2 Å². The number of methoxy groups -OCH3 is 2. The van der Waals surface area contributed by atoms with Crippen LogP contribution in [0.3, 0.4) is 0 Å². The molecule has 0 spiro atoms.